The molecule has 0 aliphatic heterocycles. The number of halogens is 1. The van der Waals surface area contributed by atoms with Crippen molar-refractivity contribution in [3.05, 3.63) is 48.0 Å². The zero-order valence-corrected chi connectivity index (χ0v) is 17.2. The minimum absolute atomic E-state index is 0. The Labute approximate surface area is 170 Å². The lowest BCUT2D eigenvalue weighted by Crippen LogP contribution is -2.23. The van der Waals surface area contributed by atoms with Gasteiger partial charge in [0, 0.05) is 18.7 Å². The number of hydrogen-bond acceptors (Lipinski definition) is 4. The number of guanidine groups is 1. The first-order chi connectivity index (χ1) is 12.0. The first kappa shape index (κ1) is 21.6. The highest BCUT2D eigenvalue weighted by Gasteiger charge is 2.06. The van der Waals surface area contributed by atoms with E-state index in [1.54, 1.807) is 32.4 Å². The molecule has 8 heteroatoms. The third-order valence-electron chi connectivity index (χ3n) is 3.35. The molecule has 0 heterocycles. The molecule has 1 amide bonds. The maximum absolute atomic E-state index is 11.1. The molecule has 2 aromatic carbocycles. The van der Waals surface area contributed by atoms with Gasteiger partial charge in [-0.05, 0) is 29.8 Å². The predicted molar refractivity (Wildman–Crippen MR) is 115 cm³/mol. The van der Waals surface area contributed by atoms with Crippen LogP contribution in [0.15, 0.2) is 47.5 Å². The molecule has 0 bridgehead atoms. The van der Waals surface area contributed by atoms with Crippen molar-refractivity contribution in [1.82, 2.24) is 0 Å². The Morgan fingerprint density at radius 3 is 2.54 bits per heavy atom. The van der Waals surface area contributed by atoms with Crippen LogP contribution in [0.5, 0.6) is 11.5 Å². The number of anilines is 2. The van der Waals surface area contributed by atoms with E-state index < -0.39 is 0 Å². The van der Waals surface area contributed by atoms with Crippen molar-refractivity contribution >= 4 is 47.2 Å². The number of nitrogens with one attached hydrogen (secondary N) is 2. The molecular formula is C18H23IN4O3. The number of amides is 1. The van der Waals surface area contributed by atoms with Gasteiger partial charge in [0.05, 0.1) is 26.5 Å². The van der Waals surface area contributed by atoms with E-state index in [9.17, 15) is 4.79 Å². The fourth-order valence-electron chi connectivity index (χ4n) is 2.22. The quantitative estimate of drug-likeness (QED) is 0.342. The highest BCUT2D eigenvalue weighted by molar-refractivity contribution is 14.0. The molecule has 2 aromatic rings. The molecule has 0 radical (unpaired) electrons. The van der Waals surface area contributed by atoms with E-state index in [0.717, 1.165) is 11.3 Å². The second-order valence-electron chi connectivity index (χ2n) is 5.27. The SMILES string of the molecule is COc1ccc(OC)c(NC(N)=NCc2cccc(NC(C)=O)c2)c1.I. The standard InChI is InChI=1S/C18H22N4O3.HI/c1-12(23)21-14-6-4-5-13(9-14)11-20-18(19)22-16-10-15(24-2)7-8-17(16)25-3;/h4-10H,11H2,1-3H3,(H,21,23)(H3,19,20,22);1H. The van der Waals surface area contributed by atoms with Crippen LogP contribution in [0.1, 0.15) is 12.5 Å². The number of aliphatic imine (C=N–C) groups is 1. The Morgan fingerprint density at radius 2 is 1.88 bits per heavy atom. The van der Waals surface area contributed by atoms with Gasteiger partial charge in [0.2, 0.25) is 5.91 Å². The number of carbonyl (C=O) groups excluding carboxylic acids is 1. The van der Waals surface area contributed by atoms with Crippen LogP contribution >= 0.6 is 24.0 Å². The van der Waals surface area contributed by atoms with E-state index >= 15 is 0 Å². The van der Waals surface area contributed by atoms with E-state index in [-0.39, 0.29) is 35.8 Å². The van der Waals surface area contributed by atoms with Crippen LogP contribution in [0.25, 0.3) is 0 Å². The zero-order chi connectivity index (χ0) is 18.2. The van der Waals surface area contributed by atoms with E-state index in [2.05, 4.69) is 15.6 Å². The molecule has 140 valence electrons. The van der Waals surface area contributed by atoms with Gasteiger partial charge in [-0.1, -0.05) is 12.1 Å². The molecule has 0 saturated carbocycles. The molecule has 0 saturated heterocycles. The Hall–Kier alpha value is -2.49. The van der Waals surface area contributed by atoms with Crippen molar-refractivity contribution in [1.29, 1.82) is 0 Å². The molecule has 0 fully saturated rings. The van der Waals surface area contributed by atoms with Gasteiger partial charge in [-0.3, -0.25) is 4.79 Å². The Morgan fingerprint density at radius 1 is 1.12 bits per heavy atom. The van der Waals surface area contributed by atoms with E-state index in [4.69, 9.17) is 15.2 Å². The zero-order valence-electron chi connectivity index (χ0n) is 14.9. The van der Waals surface area contributed by atoms with Crippen LogP contribution in [0, 0.1) is 0 Å². The van der Waals surface area contributed by atoms with Gasteiger partial charge in [0.15, 0.2) is 5.96 Å². The fourth-order valence-corrected chi connectivity index (χ4v) is 2.22. The second-order valence-corrected chi connectivity index (χ2v) is 5.27. The van der Waals surface area contributed by atoms with Crippen molar-refractivity contribution in [2.24, 2.45) is 10.7 Å². The molecule has 7 nitrogen and oxygen atoms in total. The number of hydrogen-bond donors (Lipinski definition) is 3. The van der Waals surface area contributed by atoms with Crippen LogP contribution in [-0.4, -0.2) is 26.1 Å². The average molecular weight is 470 g/mol. The van der Waals surface area contributed by atoms with Crippen molar-refractivity contribution in [2.45, 2.75) is 13.5 Å². The molecule has 26 heavy (non-hydrogen) atoms. The number of rotatable bonds is 6. The smallest absolute Gasteiger partial charge is 0.221 e. The maximum Gasteiger partial charge on any atom is 0.221 e. The highest BCUT2D eigenvalue weighted by Crippen LogP contribution is 2.28. The van der Waals surface area contributed by atoms with Crippen molar-refractivity contribution in [2.75, 3.05) is 24.9 Å². The van der Waals surface area contributed by atoms with E-state index in [1.165, 1.54) is 6.92 Å². The molecule has 0 atom stereocenters. The number of benzene rings is 2. The third kappa shape index (κ3) is 6.43. The lowest BCUT2D eigenvalue weighted by atomic mass is 10.2. The van der Waals surface area contributed by atoms with Crippen LogP contribution in [0.2, 0.25) is 0 Å². The van der Waals surface area contributed by atoms with Crippen LogP contribution < -0.4 is 25.8 Å². The predicted octanol–water partition coefficient (Wildman–Crippen LogP) is 3.21. The Kier molecular flexibility index (Phi) is 8.70. The van der Waals surface area contributed by atoms with Crippen molar-refractivity contribution in [3.8, 4) is 11.5 Å². The molecule has 0 spiro atoms. The van der Waals surface area contributed by atoms with Gasteiger partial charge >= 0.3 is 0 Å². The summed E-state index contributed by atoms with van der Waals surface area (Å²) < 4.78 is 10.5. The lowest BCUT2D eigenvalue weighted by Gasteiger charge is -2.12. The number of carbonyl (C=O) groups is 1. The first-order valence-corrected chi connectivity index (χ1v) is 7.67. The Balaban J connectivity index is 0.00000338. The van der Waals surface area contributed by atoms with Crippen LogP contribution in [-0.2, 0) is 11.3 Å². The summed E-state index contributed by atoms with van der Waals surface area (Å²) >= 11 is 0. The minimum Gasteiger partial charge on any atom is -0.497 e. The van der Waals surface area contributed by atoms with Crippen molar-refractivity contribution in [3.63, 3.8) is 0 Å². The van der Waals surface area contributed by atoms with Crippen LogP contribution in [0.4, 0.5) is 11.4 Å². The van der Waals surface area contributed by atoms with Gasteiger partial charge in [-0.15, -0.1) is 24.0 Å². The number of ether oxygens (including phenoxy) is 2. The molecule has 0 aliphatic rings. The number of nitrogens with two attached hydrogens (primary N) is 1. The van der Waals surface area contributed by atoms with Crippen molar-refractivity contribution < 1.29 is 14.3 Å². The monoisotopic (exact) mass is 470 g/mol. The largest absolute Gasteiger partial charge is 0.497 e. The van der Waals surface area contributed by atoms with E-state index in [1.807, 2.05) is 24.3 Å². The molecule has 0 unspecified atom stereocenters. The maximum atomic E-state index is 11.1. The van der Waals surface area contributed by atoms with Gasteiger partial charge in [-0.25, -0.2) is 4.99 Å². The summed E-state index contributed by atoms with van der Waals surface area (Å²) in [6.45, 7) is 1.84. The Bertz CT molecular complexity index is 781. The van der Waals surface area contributed by atoms with E-state index in [0.29, 0.717) is 23.7 Å². The third-order valence-corrected chi connectivity index (χ3v) is 3.35. The van der Waals surface area contributed by atoms with Crippen LogP contribution in [0.3, 0.4) is 0 Å². The second kappa shape index (κ2) is 10.5. The molecule has 0 aromatic heterocycles. The average Bonchev–Trinajstić information content (AvgIpc) is 2.59. The topological polar surface area (TPSA) is 98.0 Å². The number of methoxy groups -OCH3 is 2. The summed E-state index contributed by atoms with van der Waals surface area (Å²) in [5, 5.41) is 5.74. The number of nitrogens with zero attached hydrogens (tertiary/aromatic N) is 1. The molecule has 0 aliphatic carbocycles. The van der Waals surface area contributed by atoms with Gasteiger partial charge < -0.3 is 25.8 Å². The summed E-state index contributed by atoms with van der Waals surface area (Å²) in [4.78, 5) is 15.4. The summed E-state index contributed by atoms with van der Waals surface area (Å²) in [7, 11) is 3.17. The summed E-state index contributed by atoms with van der Waals surface area (Å²) in [5.74, 6) is 1.44. The fraction of sp³-hybridized carbons (Fsp3) is 0.222. The normalized spacial score (nSPS) is 10.5. The summed E-state index contributed by atoms with van der Waals surface area (Å²) in [6, 6.07) is 12.8. The summed E-state index contributed by atoms with van der Waals surface area (Å²) in [6.07, 6.45) is 0. The minimum atomic E-state index is -0.119. The molecular weight excluding hydrogens is 447 g/mol. The highest BCUT2D eigenvalue weighted by atomic mass is 127. The molecule has 2 rings (SSSR count). The van der Waals surface area contributed by atoms with Gasteiger partial charge in [0.1, 0.15) is 11.5 Å². The molecule has 4 N–H and O–H groups in total. The summed E-state index contributed by atoms with van der Waals surface area (Å²) in [5.41, 5.74) is 8.27. The van der Waals surface area contributed by atoms with Gasteiger partial charge in [0.25, 0.3) is 0 Å². The lowest BCUT2D eigenvalue weighted by molar-refractivity contribution is -0.114. The first-order valence-electron chi connectivity index (χ1n) is 7.67. The van der Waals surface area contributed by atoms with Gasteiger partial charge in [-0.2, -0.15) is 0 Å².